The standard InChI is InChI=1S/C13H11BrN2O2/c1-8-6-11(9-4-3-5-10(14)7-9)16-12(15-8)13(17)18-2/h3-7H,1-2H3. The molecule has 0 radical (unpaired) electrons. The van der Waals surface area contributed by atoms with Gasteiger partial charge in [-0.1, -0.05) is 28.1 Å². The molecule has 0 saturated heterocycles. The number of nitrogens with zero attached hydrogens (tertiary/aromatic N) is 2. The summed E-state index contributed by atoms with van der Waals surface area (Å²) in [6.45, 7) is 1.82. The third-order valence-corrected chi connectivity index (χ3v) is 2.84. The maximum atomic E-state index is 11.5. The maximum Gasteiger partial charge on any atom is 0.376 e. The molecule has 0 fully saturated rings. The average molecular weight is 307 g/mol. The van der Waals surface area contributed by atoms with E-state index in [4.69, 9.17) is 0 Å². The van der Waals surface area contributed by atoms with E-state index < -0.39 is 5.97 Å². The number of ether oxygens (including phenoxy) is 1. The van der Waals surface area contributed by atoms with Crippen molar-refractivity contribution in [2.45, 2.75) is 6.92 Å². The number of aryl methyl sites for hydroxylation is 1. The quantitative estimate of drug-likeness (QED) is 0.800. The van der Waals surface area contributed by atoms with E-state index in [1.54, 1.807) is 0 Å². The number of esters is 1. The molecule has 1 aromatic carbocycles. The van der Waals surface area contributed by atoms with Crippen LogP contribution in [0, 0.1) is 6.92 Å². The number of carbonyl (C=O) groups is 1. The summed E-state index contributed by atoms with van der Waals surface area (Å²) in [4.78, 5) is 19.7. The highest BCUT2D eigenvalue weighted by Gasteiger charge is 2.12. The molecule has 0 unspecified atom stereocenters. The van der Waals surface area contributed by atoms with Crippen LogP contribution in [-0.2, 0) is 4.74 Å². The molecule has 0 saturated carbocycles. The van der Waals surface area contributed by atoms with Crippen LogP contribution in [0.15, 0.2) is 34.8 Å². The first-order chi connectivity index (χ1) is 8.60. The number of hydrogen-bond acceptors (Lipinski definition) is 4. The van der Waals surface area contributed by atoms with E-state index in [9.17, 15) is 4.79 Å². The van der Waals surface area contributed by atoms with Crippen molar-refractivity contribution in [3.63, 3.8) is 0 Å². The van der Waals surface area contributed by atoms with Crippen molar-refractivity contribution in [3.8, 4) is 11.3 Å². The first-order valence-corrected chi connectivity index (χ1v) is 6.09. The van der Waals surface area contributed by atoms with Crippen LogP contribution in [0.25, 0.3) is 11.3 Å². The van der Waals surface area contributed by atoms with Gasteiger partial charge in [-0.15, -0.1) is 0 Å². The summed E-state index contributed by atoms with van der Waals surface area (Å²) in [5.74, 6) is -0.456. The average Bonchev–Trinajstić information content (AvgIpc) is 2.37. The van der Waals surface area contributed by atoms with Gasteiger partial charge in [0.2, 0.25) is 5.82 Å². The number of halogens is 1. The molecule has 0 spiro atoms. The van der Waals surface area contributed by atoms with Crippen molar-refractivity contribution < 1.29 is 9.53 Å². The summed E-state index contributed by atoms with van der Waals surface area (Å²) < 4.78 is 5.59. The summed E-state index contributed by atoms with van der Waals surface area (Å²) in [5.41, 5.74) is 2.34. The molecule has 0 aliphatic heterocycles. The van der Waals surface area contributed by atoms with Gasteiger partial charge in [0.05, 0.1) is 12.8 Å². The Morgan fingerprint density at radius 1 is 1.28 bits per heavy atom. The van der Waals surface area contributed by atoms with E-state index in [0.29, 0.717) is 5.69 Å². The van der Waals surface area contributed by atoms with E-state index in [1.165, 1.54) is 7.11 Å². The summed E-state index contributed by atoms with van der Waals surface area (Å²) in [6, 6.07) is 9.53. The highest BCUT2D eigenvalue weighted by Crippen LogP contribution is 2.21. The Balaban J connectivity index is 2.51. The van der Waals surface area contributed by atoms with Gasteiger partial charge in [0, 0.05) is 15.7 Å². The van der Waals surface area contributed by atoms with Crippen LogP contribution in [-0.4, -0.2) is 23.0 Å². The second kappa shape index (κ2) is 5.27. The molecule has 1 heterocycles. The molecule has 92 valence electrons. The van der Waals surface area contributed by atoms with Gasteiger partial charge in [-0.2, -0.15) is 0 Å². The van der Waals surface area contributed by atoms with Crippen molar-refractivity contribution in [1.29, 1.82) is 0 Å². The molecule has 2 aromatic rings. The number of rotatable bonds is 2. The van der Waals surface area contributed by atoms with Crippen LogP contribution in [0.4, 0.5) is 0 Å². The first-order valence-electron chi connectivity index (χ1n) is 5.30. The zero-order chi connectivity index (χ0) is 13.1. The minimum atomic E-state index is -0.532. The van der Waals surface area contributed by atoms with Crippen molar-refractivity contribution in [2.24, 2.45) is 0 Å². The Morgan fingerprint density at radius 2 is 2.06 bits per heavy atom. The fourth-order valence-electron chi connectivity index (χ4n) is 1.55. The lowest BCUT2D eigenvalue weighted by Gasteiger charge is -2.05. The highest BCUT2D eigenvalue weighted by atomic mass is 79.9. The second-order valence-electron chi connectivity index (χ2n) is 3.72. The zero-order valence-corrected chi connectivity index (χ0v) is 11.6. The Bertz CT molecular complexity index is 599. The van der Waals surface area contributed by atoms with Crippen LogP contribution < -0.4 is 0 Å². The van der Waals surface area contributed by atoms with Crippen molar-refractivity contribution in [2.75, 3.05) is 7.11 Å². The largest absolute Gasteiger partial charge is 0.463 e. The van der Waals surface area contributed by atoms with Crippen LogP contribution in [0.5, 0.6) is 0 Å². The van der Waals surface area contributed by atoms with Crippen molar-refractivity contribution in [3.05, 3.63) is 46.3 Å². The van der Waals surface area contributed by atoms with Gasteiger partial charge in [0.25, 0.3) is 0 Å². The number of aromatic nitrogens is 2. The van der Waals surface area contributed by atoms with E-state index in [2.05, 4.69) is 30.6 Å². The third kappa shape index (κ3) is 2.73. The molecule has 0 bridgehead atoms. The van der Waals surface area contributed by atoms with Crippen molar-refractivity contribution >= 4 is 21.9 Å². The van der Waals surface area contributed by atoms with Gasteiger partial charge >= 0.3 is 5.97 Å². The monoisotopic (exact) mass is 306 g/mol. The lowest BCUT2D eigenvalue weighted by atomic mass is 10.1. The van der Waals surface area contributed by atoms with Gasteiger partial charge in [0.1, 0.15) is 0 Å². The van der Waals surface area contributed by atoms with Crippen molar-refractivity contribution in [1.82, 2.24) is 9.97 Å². The second-order valence-corrected chi connectivity index (χ2v) is 4.64. The molecule has 0 atom stereocenters. The van der Waals surface area contributed by atoms with Gasteiger partial charge < -0.3 is 4.74 Å². The lowest BCUT2D eigenvalue weighted by molar-refractivity contribution is 0.0586. The molecule has 0 aliphatic carbocycles. The molecule has 0 aliphatic rings. The van der Waals surface area contributed by atoms with Crippen LogP contribution >= 0.6 is 15.9 Å². The summed E-state index contributed by atoms with van der Waals surface area (Å²) in [5, 5.41) is 0. The summed E-state index contributed by atoms with van der Waals surface area (Å²) in [7, 11) is 1.31. The SMILES string of the molecule is COC(=O)c1nc(C)cc(-c2cccc(Br)c2)n1. The van der Waals surface area contributed by atoms with E-state index in [0.717, 1.165) is 15.7 Å². The fourth-order valence-corrected chi connectivity index (χ4v) is 1.95. The summed E-state index contributed by atoms with van der Waals surface area (Å²) >= 11 is 3.40. The summed E-state index contributed by atoms with van der Waals surface area (Å²) in [6.07, 6.45) is 0. The predicted molar refractivity (Wildman–Crippen MR) is 71.2 cm³/mol. The van der Waals surface area contributed by atoms with E-state index in [1.807, 2.05) is 37.3 Å². The number of benzene rings is 1. The number of carbonyl (C=O) groups excluding carboxylic acids is 1. The Labute approximate surface area is 113 Å². The maximum absolute atomic E-state index is 11.5. The Kier molecular flexibility index (Phi) is 3.72. The van der Waals surface area contributed by atoms with Gasteiger partial charge in [-0.3, -0.25) is 0 Å². The predicted octanol–water partition coefficient (Wildman–Crippen LogP) is 3.00. The van der Waals surface area contributed by atoms with Crippen LogP contribution in [0.2, 0.25) is 0 Å². The van der Waals surface area contributed by atoms with Gasteiger partial charge in [-0.05, 0) is 25.1 Å². The minimum absolute atomic E-state index is 0.0764. The van der Waals surface area contributed by atoms with Gasteiger partial charge in [-0.25, -0.2) is 14.8 Å². The zero-order valence-electron chi connectivity index (χ0n) is 9.98. The van der Waals surface area contributed by atoms with Gasteiger partial charge in [0.15, 0.2) is 0 Å². The Hall–Kier alpha value is -1.75. The molecule has 18 heavy (non-hydrogen) atoms. The molecular weight excluding hydrogens is 296 g/mol. The number of hydrogen-bond donors (Lipinski definition) is 0. The Morgan fingerprint density at radius 3 is 2.72 bits per heavy atom. The number of methoxy groups -OCH3 is 1. The molecule has 2 rings (SSSR count). The molecular formula is C13H11BrN2O2. The lowest BCUT2D eigenvalue weighted by Crippen LogP contribution is -2.09. The molecule has 1 aromatic heterocycles. The van der Waals surface area contributed by atoms with Crippen LogP contribution in [0.3, 0.4) is 0 Å². The van der Waals surface area contributed by atoms with E-state index in [-0.39, 0.29) is 5.82 Å². The van der Waals surface area contributed by atoms with Crippen LogP contribution in [0.1, 0.15) is 16.3 Å². The third-order valence-electron chi connectivity index (χ3n) is 2.34. The first kappa shape index (κ1) is 12.7. The minimum Gasteiger partial charge on any atom is -0.463 e. The normalized spacial score (nSPS) is 10.2. The highest BCUT2D eigenvalue weighted by molar-refractivity contribution is 9.10. The smallest absolute Gasteiger partial charge is 0.376 e. The molecule has 0 N–H and O–H groups in total. The fraction of sp³-hybridized carbons (Fsp3) is 0.154. The molecule has 5 heteroatoms. The molecule has 4 nitrogen and oxygen atoms in total. The topological polar surface area (TPSA) is 52.1 Å². The molecule has 0 amide bonds. The van der Waals surface area contributed by atoms with E-state index >= 15 is 0 Å².